The fourth-order valence-electron chi connectivity index (χ4n) is 10.9. The van der Waals surface area contributed by atoms with Crippen molar-refractivity contribution in [2.75, 3.05) is 52.2 Å². The van der Waals surface area contributed by atoms with Crippen LogP contribution in [0.15, 0.2) is 193 Å². The maximum atomic E-state index is 11.6. The van der Waals surface area contributed by atoms with Crippen molar-refractivity contribution in [3.63, 3.8) is 0 Å². The molecule has 488 valence electrons. The number of halogens is 2. The Morgan fingerprint density at radius 2 is 0.583 bits per heavy atom. The van der Waals surface area contributed by atoms with E-state index in [4.69, 9.17) is 42.1 Å². The molecule has 0 aliphatic carbocycles. The number of ether oxygens (including phenoxy) is 4. The number of nitrogens with zero attached hydrogens (tertiary/aromatic N) is 10. The van der Waals surface area contributed by atoms with Gasteiger partial charge in [-0.15, -0.1) is 0 Å². The number of anilines is 2. The van der Waals surface area contributed by atoms with Crippen molar-refractivity contribution < 1.29 is 18.9 Å². The molecule has 18 nitrogen and oxygen atoms in total. The molecule has 0 fully saturated rings. The van der Waals surface area contributed by atoms with Gasteiger partial charge < -0.3 is 38.7 Å². The van der Waals surface area contributed by atoms with Crippen molar-refractivity contribution in [2.24, 2.45) is 5.92 Å². The second-order valence-electron chi connectivity index (χ2n) is 23.8. The number of hydrogen-bond donors (Lipinski definition) is 2. The maximum Gasteiger partial charge on any atom is 0.189 e. The predicted octanol–water partition coefficient (Wildman–Crippen LogP) is 17.2. The highest BCUT2D eigenvalue weighted by molar-refractivity contribution is 6.38. The van der Waals surface area contributed by atoms with Gasteiger partial charge in [-0.05, 0) is 131 Å². The van der Waals surface area contributed by atoms with Crippen molar-refractivity contribution in [3.8, 4) is 23.0 Å². The lowest BCUT2D eigenvalue weighted by atomic mass is 10.1. The van der Waals surface area contributed by atoms with Gasteiger partial charge in [0.05, 0.1) is 69.6 Å². The molecule has 0 saturated carbocycles. The molecule has 0 amide bonds. The van der Waals surface area contributed by atoms with Crippen molar-refractivity contribution in [1.82, 2.24) is 49.8 Å². The van der Waals surface area contributed by atoms with Gasteiger partial charge in [0, 0.05) is 168 Å². The van der Waals surface area contributed by atoms with Crippen LogP contribution in [0.25, 0.3) is 109 Å². The van der Waals surface area contributed by atoms with Crippen molar-refractivity contribution in [2.45, 2.75) is 60.7 Å². The van der Waals surface area contributed by atoms with E-state index in [1.54, 1.807) is 88.1 Å². The van der Waals surface area contributed by atoms with Gasteiger partial charge in [-0.2, -0.15) is 0 Å². The van der Waals surface area contributed by atoms with Crippen molar-refractivity contribution >= 4 is 144 Å². The molecule has 0 spiro atoms. The molecule has 10 heterocycles. The molecule has 0 aliphatic heterocycles. The topological polar surface area (TPSA) is 212 Å². The molecule has 2 N–H and O–H groups in total. The fraction of sp³-hybridized carbons (Fsp3) is 0.211. The zero-order chi connectivity index (χ0) is 68.3. The number of aromatic nitrogens is 10. The molecular formula is C76H74Cl2N12O6. The van der Waals surface area contributed by atoms with Crippen LogP contribution in [-0.4, -0.2) is 104 Å². The predicted molar refractivity (Wildman–Crippen MR) is 395 cm³/mol. The average molecular weight is 1320 g/mol. The molecule has 0 aliphatic rings. The maximum absolute atomic E-state index is 11.6. The molecule has 0 radical (unpaired) electrons. The van der Waals surface area contributed by atoms with E-state index in [2.05, 4.69) is 92.5 Å². The van der Waals surface area contributed by atoms with Gasteiger partial charge in [-0.1, -0.05) is 56.1 Å². The number of benzene rings is 5. The van der Waals surface area contributed by atoms with Crippen LogP contribution in [0.5, 0.6) is 23.0 Å². The normalized spacial score (nSPS) is 11.0. The number of hydrogen-bond acceptors (Lipinski definition) is 16. The highest BCUT2D eigenvalue weighted by Crippen LogP contribution is 2.37. The lowest BCUT2D eigenvalue weighted by Gasteiger charge is -2.18. The third-order valence-electron chi connectivity index (χ3n) is 15.0. The number of pyridine rings is 10. The molecule has 20 heteroatoms. The van der Waals surface area contributed by atoms with E-state index in [-0.39, 0.29) is 23.1 Å². The summed E-state index contributed by atoms with van der Waals surface area (Å²) in [7, 11) is 11.5. The Bertz CT molecular complexity index is 5090. The van der Waals surface area contributed by atoms with E-state index < -0.39 is 0 Å². The molecule has 0 bridgehead atoms. The molecule has 10 aromatic heterocycles. The number of nitrogens with one attached hydrogen (secondary N) is 2. The highest BCUT2D eigenvalue weighted by atomic mass is 35.5. The van der Waals surface area contributed by atoms with Crippen LogP contribution in [0, 0.1) is 5.92 Å². The van der Waals surface area contributed by atoms with Crippen LogP contribution in [-0.2, 0) is 0 Å². The van der Waals surface area contributed by atoms with E-state index in [0.29, 0.717) is 31.9 Å². The standard InChI is InChI=1S/C18H20N2O2.C16H18N4.C14H12N2O2.C12H6Cl2N2.C12H8N2O2.C4H10/c1-11(2)21-15-7-9-19-17-13(15)5-6-14-16(22-12(3)4)8-10-20-18(14)17;1-19(2)13-7-9-17-15-11(13)5-6-12-14(20(3)4)8-10-18-16(12)15;1-17-11-5-7-15-13-9(11)3-4-10-12(18-2)6-8-16-14(10)13;13-9-3-5-15-11-7(9)1-2-8-10(14)4-6-16-12(8)11;15-9-3-5-13-11-7(9)1-2-8-10(16)4-6-14-12(8)11;1-4(2)3/h5-12H,1-4H3;5-10H,1-4H3;3-8H,1-2H3;1-6H;1-6H,(H,13,15)(H,14,16);4H,1-3H3. The van der Waals surface area contributed by atoms with E-state index in [9.17, 15) is 9.59 Å². The van der Waals surface area contributed by atoms with Gasteiger partial charge >= 0.3 is 0 Å². The summed E-state index contributed by atoms with van der Waals surface area (Å²) in [5.41, 5.74) is 10.4. The summed E-state index contributed by atoms with van der Waals surface area (Å²) in [6.45, 7) is 14.6. The number of rotatable bonds is 8. The van der Waals surface area contributed by atoms with Gasteiger partial charge in [0.25, 0.3) is 0 Å². The molecular weight excluding hydrogens is 1250 g/mol. The van der Waals surface area contributed by atoms with Crippen molar-refractivity contribution in [1.29, 1.82) is 0 Å². The smallest absolute Gasteiger partial charge is 0.189 e. The Morgan fingerprint density at radius 3 is 0.896 bits per heavy atom. The molecule has 0 atom stereocenters. The molecule has 0 saturated heterocycles. The van der Waals surface area contributed by atoms with Gasteiger partial charge in [0.2, 0.25) is 0 Å². The number of aromatic amines is 2. The summed E-state index contributed by atoms with van der Waals surface area (Å²) in [6.07, 6.45) is 17.4. The van der Waals surface area contributed by atoms with E-state index in [0.717, 1.165) is 128 Å². The van der Waals surface area contributed by atoms with Crippen LogP contribution >= 0.6 is 23.2 Å². The summed E-state index contributed by atoms with van der Waals surface area (Å²) in [6, 6.07) is 37.4. The van der Waals surface area contributed by atoms with Gasteiger partial charge in [0.15, 0.2) is 10.9 Å². The Morgan fingerprint density at radius 1 is 0.333 bits per heavy atom. The minimum atomic E-state index is -0.0552. The first-order chi connectivity index (χ1) is 46.3. The van der Waals surface area contributed by atoms with Crippen LogP contribution in [0.1, 0.15) is 48.5 Å². The van der Waals surface area contributed by atoms with Crippen LogP contribution in [0.2, 0.25) is 10.0 Å². The van der Waals surface area contributed by atoms with E-state index in [1.807, 2.05) is 141 Å². The summed E-state index contributed by atoms with van der Waals surface area (Å²) < 4.78 is 22.4. The van der Waals surface area contributed by atoms with E-state index in [1.165, 1.54) is 12.1 Å². The van der Waals surface area contributed by atoms with Crippen LogP contribution < -0.4 is 39.6 Å². The zero-order valence-electron chi connectivity index (χ0n) is 55.7. The highest BCUT2D eigenvalue weighted by Gasteiger charge is 2.16. The van der Waals surface area contributed by atoms with E-state index >= 15 is 0 Å². The third-order valence-corrected chi connectivity index (χ3v) is 15.6. The fourth-order valence-corrected chi connectivity index (χ4v) is 11.3. The van der Waals surface area contributed by atoms with Crippen molar-refractivity contribution in [3.05, 3.63) is 214 Å². The third kappa shape index (κ3) is 14.9. The molecule has 5 aromatic carbocycles. The van der Waals surface area contributed by atoms with Gasteiger partial charge in [0.1, 0.15) is 45.1 Å². The Kier molecular flexibility index (Phi) is 21.6. The molecule has 15 rings (SSSR count). The molecule has 15 aromatic rings. The second kappa shape index (κ2) is 30.5. The van der Waals surface area contributed by atoms with Crippen LogP contribution in [0.3, 0.4) is 0 Å². The first-order valence-corrected chi connectivity index (χ1v) is 31.9. The average Bonchev–Trinajstić information content (AvgIpc) is 0.821. The lowest BCUT2D eigenvalue weighted by Crippen LogP contribution is -2.10. The Balaban J connectivity index is 0.000000129. The summed E-state index contributed by atoms with van der Waals surface area (Å²) in [5.74, 6) is 4.09. The van der Waals surface area contributed by atoms with Gasteiger partial charge in [-0.25, -0.2) is 0 Å². The monoisotopic (exact) mass is 1320 g/mol. The SMILES string of the molecule is CC(C)C.CC(C)Oc1ccnc2c1ccc1c(OC(C)C)ccnc12.CN(C)c1ccnc2c1ccc1c(N(C)C)ccnc12.COc1ccnc2c1ccc1c(OC)ccnc12.Clc1ccnc2c1ccc1c(Cl)ccnc12.O=c1cc[nH]c2c1ccc1c(=O)cc[nH]c12. The summed E-state index contributed by atoms with van der Waals surface area (Å²) in [4.78, 5) is 68.9. The number of methoxy groups -OCH3 is 2. The zero-order valence-corrected chi connectivity index (χ0v) is 57.2. The molecule has 96 heavy (non-hydrogen) atoms. The lowest BCUT2D eigenvalue weighted by molar-refractivity contribution is 0.244. The number of fused-ring (bicyclic) bond motifs is 15. The van der Waals surface area contributed by atoms with Crippen LogP contribution in [0.4, 0.5) is 11.4 Å². The first-order valence-electron chi connectivity index (χ1n) is 31.1. The largest absolute Gasteiger partial charge is 0.496 e. The first kappa shape index (κ1) is 68.1. The summed E-state index contributed by atoms with van der Waals surface area (Å²) in [5, 5.41) is 10.4. The Hall–Kier alpha value is -10.8. The molecule has 0 unspecified atom stereocenters. The quantitative estimate of drug-likeness (QED) is 0.135. The minimum Gasteiger partial charge on any atom is -0.496 e. The Labute approximate surface area is 564 Å². The van der Waals surface area contributed by atoms with Gasteiger partial charge in [-0.3, -0.25) is 49.5 Å². The number of H-pyrrole nitrogens is 2. The minimum absolute atomic E-state index is 0.0552. The summed E-state index contributed by atoms with van der Waals surface area (Å²) >= 11 is 12.2. The second-order valence-corrected chi connectivity index (χ2v) is 24.6.